The van der Waals surface area contributed by atoms with E-state index in [1.807, 2.05) is 6.92 Å². The summed E-state index contributed by atoms with van der Waals surface area (Å²) in [7, 11) is 1.56. The molecule has 0 fully saturated rings. The van der Waals surface area contributed by atoms with Gasteiger partial charge in [0, 0.05) is 13.2 Å². The van der Waals surface area contributed by atoms with Crippen LogP contribution in [0.4, 0.5) is 4.39 Å². The minimum Gasteiger partial charge on any atom is -0.391 e. The van der Waals surface area contributed by atoms with Gasteiger partial charge in [-0.3, -0.25) is 4.98 Å². The smallest absolute Gasteiger partial charge is 0.141 e. The zero-order valence-corrected chi connectivity index (χ0v) is 10.9. The molecule has 0 aliphatic carbocycles. The van der Waals surface area contributed by atoms with Crippen LogP contribution in [-0.4, -0.2) is 36.5 Å². The Hall–Kier alpha value is -1.04. The van der Waals surface area contributed by atoms with E-state index in [4.69, 9.17) is 4.74 Å². The monoisotopic (exact) mass is 256 g/mol. The third kappa shape index (κ3) is 5.08. The quantitative estimate of drug-likeness (QED) is 0.742. The molecule has 5 heteroatoms. The van der Waals surface area contributed by atoms with Crippen LogP contribution in [0.25, 0.3) is 0 Å². The second-order valence-corrected chi connectivity index (χ2v) is 4.21. The van der Waals surface area contributed by atoms with Crippen LogP contribution >= 0.6 is 0 Å². The van der Waals surface area contributed by atoms with Crippen molar-refractivity contribution in [3.8, 4) is 0 Å². The predicted octanol–water partition coefficient (Wildman–Crippen LogP) is 1.66. The van der Waals surface area contributed by atoms with Gasteiger partial charge < -0.3 is 15.2 Å². The Morgan fingerprint density at radius 2 is 2.28 bits per heavy atom. The number of hydrogen-bond acceptors (Lipinski definition) is 4. The van der Waals surface area contributed by atoms with Gasteiger partial charge in [-0.15, -0.1) is 0 Å². The number of nitrogens with zero attached hydrogens (tertiary/aromatic N) is 1. The number of pyridine rings is 1. The van der Waals surface area contributed by atoms with E-state index in [-0.39, 0.29) is 11.9 Å². The molecule has 0 saturated carbocycles. The van der Waals surface area contributed by atoms with Gasteiger partial charge in [-0.25, -0.2) is 4.39 Å². The SMILES string of the molecule is CCC(NCCC(O)COC)c1ccc(F)cn1. The molecule has 2 atom stereocenters. The van der Waals surface area contributed by atoms with Crippen molar-refractivity contribution < 1.29 is 14.2 Å². The molecule has 1 rings (SSSR count). The van der Waals surface area contributed by atoms with Gasteiger partial charge in [0.25, 0.3) is 0 Å². The molecule has 1 aromatic rings. The molecule has 0 spiro atoms. The second-order valence-electron chi connectivity index (χ2n) is 4.21. The molecule has 2 unspecified atom stereocenters. The summed E-state index contributed by atoms with van der Waals surface area (Å²) in [5, 5.41) is 12.8. The summed E-state index contributed by atoms with van der Waals surface area (Å²) in [5.74, 6) is -0.330. The highest BCUT2D eigenvalue weighted by molar-refractivity contribution is 5.09. The molecule has 0 aliphatic rings. The van der Waals surface area contributed by atoms with Gasteiger partial charge in [0.05, 0.1) is 24.6 Å². The Morgan fingerprint density at radius 3 is 2.83 bits per heavy atom. The molecule has 0 saturated heterocycles. The number of hydrogen-bond donors (Lipinski definition) is 2. The maximum Gasteiger partial charge on any atom is 0.141 e. The van der Waals surface area contributed by atoms with Crippen LogP contribution in [0.15, 0.2) is 18.3 Å². The number of ether oxygens (including phenoxy) is 1. The zero-order chi connectivity index (χ0) is 13.4. The normalized spacial score (nSPS) is 14.4. The number of halogens is 1. The van der Waals surface area contributed by atoms with Crippen LogP contribution in [0.3, 0.4) is 0 Å². The summed E-state index contributed by atoms with van der Waals surface area (Å²) in [4.78, 5) is 4.06. The van der Waals surface area contributed by atoms with Gasteiger partial charge in [0.2, 0.25) is 0 Å². The fourth-order valence-electron chi connectivity index (χ4n) is 1.75. The van der Waals surface area contributed by atoms with E-state index in [1.54, 1.807) is 13.2 Å². The van der Waals surface area contributed by atoms with Crippen molar-refractivity contribution in [1.82, 2.24) is 10.3 Å². The largest absolute Gasteiger partial charge is 0.391 e. The fraction of sp³-hybridized carbons (Fsp3) is 0.615. The summed E-state index contributed by atoms with van der Waals surface area (Å²) in [6, 6.07) is 3.18. The molecule has 1 heterocycles. The molecule has 0 radical (unpaired) electrons. The van der Waals surface area contributed by atoms with Gasteiger partial charge in [-0.1, -0.05) is 6.92 Å². The average molecular weight is 256 g/mol. The van der Waals surface area contributed by atoms with E-state index >= 15 is 0 Å². The van der Waals surface area contributed by atoms with Crippen molar-refractivity contribution in [2.75, 3.05) is 20.3 Å². The molecule has 0 bridgehead atoms. The van der Waals surface area contributed by atoms with Crippen molar-refractivity contribution in [3.63, 3.8) is 0 Å². The second kappa shape index (κ2) is 8.13. The van der Waals surface area contributed by atoms with Gasteiger partial charge in [0.15, 0.2) is 0 Å². The molecule has 18 heavy (non-hydrogen) atoms. The van der Waals surface area contributed by atoms with Crippen LogP contribution in [0.2, 0.25) is 0 Å². The van der Waals surface area contributed by atoms with Crippen molar-refractivity contribution in [3.05, 3.63) is 29.8 Å². The molecular weight excluding hydrogens is 235 g/mol. The summed E-state index contributed by atoms with van der Waals surface area (Å²) >= 11 is 0. The summed E-state index contributed by atoms with van der Waals surface area (Å²) in [6.45, 7) is 3.05. The molecule has 102 valence electrons. The maximum absolute atomic E-state index is 12.8. The first-order chi connectivity index (χ1) is 8.67. The van der Waals surface area contributed by atoms with E-state index < -0.39 is 6.10 Å². The van der Waals surface area contributed by atoms with Crippen molar-refractivity contribution in [2.24, 2.45) is 0 Å². The molecule has 0 aliphatic heterocycles. The predicted molar refractivity (Wildman–Crippen MR) is 67.7 cm³/mol. The van der Waals surface area contributed by atoms with Crippen LogP contribution in [0.1, 0.15) is 31.5 Å². The van der Waals surface area contributed by atoms with Crippen LogP contribution in [0, 0.1) is 5.82 Å². The Bertz CT molecular complexity index is 332. The minimum atomic E-state index is -0.457. The first-order valence-electron chi connectivity index (χ1n) is 6.19. The first kappa shape index (κ1) is 15.0. The number of aliphatic hydroxyl groups excluding tert-OH is 1. The first-order valence-corrected chi connectivity index (χ1v) is 6.19. The lowest BCUT2D eigenvalue weighted by molar-refractivity contribution is 0.0589. The van der Waals surface area contributed by atoms with E-state index in [2.05, 4.69) is 10.3 Å². The van der Waals surface area contributed by atoms with E-state index in [9.17, 15) is 9.50 Å². The van der Waals surface area contributed by atoms with E-state index in [0.29, 0.717) is 19.6 Å². The number of methoxy groups -OCH3 is 1. The Kier molecular flexibility index (Phi) is 6.78. The Morgan fingerprint density at radius 1 is 1.50 bits per heavy atom. The molecule has 4 nitrogen and oxygen atoms in total. The topological polar surface area (TPSA) is 54.4 Å². The number of aromatic nitrogens is 1. The van der Waals surface area contributed by atoms with Gasteiger partial charge in [0.1, 0.15) is 5.82 Å². The molecule has 2 N–H and O–H groups in total. The third-order valence-electron chi connectivity index (χ3n) is 2.74. The lowest BCUT2D eigenvalue weighted by Gasteiger charge is -2.17. The van der Waals surface area contributed by atoms with Gasteiger partial charge in [-0.05, 0) is 31.5 Å². The minimum absolute atomic E-state index is 0.0837. The Balaban J connectivity index is 2.40. The Labute approximate surface area is 107 Å². The van der Waals surface area contributed by atoms with Crippen LogP contribution in [-0.2, 0) is 4.74 Å². The summed E-state index contributed by atoms with van der Waals surface area (Å²) in [5.41, 5.74) is 0.820. The standard InChI is InChI=1S/C13H21FN2O2/c1-3-12(13-5-4-10(14)8-16-13)15-7-6-11(17)9-18-2/h4-5,8,11-12,15,17H,3,6-7,9H2,1-2H3. The van der Waals surface area contributed by atoms with Crippen molar-refractivity contribution in [1.29, 1.82) is 0 Å². The van der Waals surface area contributed by atoms with Crippen LogP contribution in [0.5, 0.6) is 0 Å². The number of nitrogens with one attached hydrogen (secondary N) is 1. The maximum atomic E-state index is 12.8. The molecule has 0 aromatic carbocycles. The van der Waals surface area contributed by atoms with E-state index in [0.717, 1.165) is 12.1 Å². The molecule has 0 amide bonds. The highest BCUT2D eigenvalue weighted by atomic mass is 19.1. The molecule has 1 aromatic heterocycles. The lowest BCUT2D eigenvalue weighted by Crippen LogP contribution is -2.27. The highest BCUT2D eigenvalue weighted by Crippen LogP contribution is 2.14. The average Bonchev–Trinajstić information content (AvgIpc) is 2.36. The van der Waals surface area contributed by atoms with Gasteiger partial charge >= 0.3 is 0 Å². The number of rotatable bonds is 8. The summed E-state index contributed by atoms with van der Waals surface area (Å²) in [6.07, 6.45) is 2.24. The van der Waals surface area contributed by atoms with Crippen molar-refractivity contribution >= 4 is 0 Å². The van der Waals surface area contributed by atoms with Crippen LogP contribution < -0.4 is 5.32 Å². The highest BCUT2D eigenvalue weighted by Gasteiger charge is 2.11. The zero-order valence-electron chi connectivity index (χ0n) is 10.9. The lowest BCUT2D eigenvalue weighted by atomic mass is 10.1. The fourth-order valence-corrected chi connectivity index (χ4v) is 1.75. The summed E-state index contributed by atoms with van der Waals surface area (Å²) < 4.78 is 17.6. The van der Waals surface area contributed by atoms with Crippen molar-refractivity contribution in [2.45, 2.75) is 31.9 Å². The number of aliphatic hydroxyl groups is 1. The van der Waals surface area contributed by atoms with Gasteiger partial charge in [-0.2, -0.15) is 0 Å². The van der Waals surface area contributed by atoms with E-state index in [1.165, 1.54) is 12.3 Å². The third-order valence-corrected chi connectivity index (χ3v) is 2.74. The molecular formula is C13H21FN2O2.